The molecular formula is C35H39F2N5O2. The largest absolute Gasteiger partial charge is 0.508 e. The van der Waals surface area contributed by atoms with E-state index in [1.165, 1.54) is 6.42 Å². The number of aromatic nitrogens is 2. The number of hydrogen-bond donors (Lipinski definition) is 2. The standard InChI is InChI=1S/C35H39F2N5O2/c1-2-21-5-3-6-22-15-26(43)16-29(30(21)22)27-9-10-28-32(31(27)37)39-34(44-20-35-12-4-13-42(35)18-23(36)17-35)40-33(28)41-14-11-24-7-8-25(19-41)38-24/h3,5-6,9-10,15-16,23-25,38,43H,2,4,7-8,11-14,17-20H2,1H3/t23-,24-,25+,35?/m1/s1. The number of fused-ring (bicyclic) bond motifs is 5. The van der Waals surface area contributed by atoms with Crippen LogP contribution in [-0.2, 0) is 6.42 Å². The molecular weight excluding hydrogens is 560 g/mol. The minimum atomic E-state index is -0.864. The quantitative estimate of drug-likeness (QED) is 0.276. The van der Waals surface area contributed by atoms with Gasteiger partial charge in [-0.15, -0.1) is 0 Å². The normalized spacial score (nSPS) is 26.9. The first-order chi connectivity index (χ1) is 21.4. The number of nitrogens with one attached hydrogen (secondary N) is 1. The van der Waals surface area contributed by atoms with Gasteiger partial charge < -0.3 is 20.1 Å². The van der Waals surface area contributed by atoms with Gasteiger partial charge in [-0.1, -0.05) is 31.2 Å². The molecule has 0 saturated carbocycles. The van der Waals surface area contributed by atoms with Gasteiger partial charge in [0.25, 0.3) is 0 Å². The molecule has 0 radical (unpaired) electrons. The fourth-order valence-electron chi connectivity index (χ4n) is 8.42. The van der Waals surface area contributed by atoms with Crippen LogP contribution in [-0.4, -0.2) is 76.6 Å². The van der Waals surface area contributed by atoms with Gasteiger partial charge in [0.2, 0.25) is 0 Å². The van der Waals surface area contributed by atoms with Crippen molar-refractivity contribution < 1.29 is 18.6 Å². The summed E-state index contributed by atoms with van der Waals surface area (Å²) in [6.07, 6.45) is 5.52. The number of aromatic hydroxyl groups is 1. The number of aryl methyl sites for hydroxylation is 1. The van der Waals surface area contributed by atoms with E-state index >= 15 is 4.39 Å². The molecule has 7 nitrogen and oxygen atoms in total. The first-order valence-electron chi connectivity index (χ1n) is 16.2. The van der Waals surface area contributed by atoms with Gasteiger partial charge in [0.15, 0.2) is 5.82 Å². The van der Waals surface area contributed by atoms with Crippen LogP contribution in [0.2, 0.25) is 0 Å². The Balaban J connectivity index is 1.26. The fraction of sp³-hybridized carbons (Fsp3) is 0.486. The molecule has 0 amide bonds. The van der Waals surface area contributed by atoms with Crippen LogP contribution in [0.15, 0.2) is 42.5 Å². The zero-order valence-electron chi connectivity index (χ0n) is 25.2. The molecule has 1 aromatic heterocycles. The molecule has 4 aromatic rings. The Morgan fingerprint density at radius 1 is 1.05 bits per heavy atom. The average Bonchev–Trinajstić information content (AvgIpc) is 3.66. The Kier molecular flexibility index (Phi) is 6.86. The van der Waals surface area contributed by atoms with Crippen molar-refractivity contribution in [3.8, 4) is 22.9 Å². The lowest BCUT2D eigenvalue weighted by atomic mass is 9.92. The van der Waals surface area contributed by atoms with E-state index in [-0.39, 0.29) is 29.4 Å². The molecule has 0 aliphatic carbocycles. The molecule has 0 spiro atoms. The Hall–Kier alpha value is -3.56. The monoisotopic (exact) mass is 599 g/mol. The number of rotatable bonds is 6. The summed E-state index contributed by atoms with van der Waals surface area (Å²) in [5.74, 6) is 0.298. The molecule has 4 aliphatic heterocycles. The summed E-state index contributed by atoms with van der Waals surface area (Å²) in [5.41, 5.74) is 1.94. The maximum absolute atomic E-state index is 16.9. The predicted molar refractivity (Wildman–Crippen MR) is 169 cm³/mol. The second-order valence-electron chi connectivity index (χ2n) is 13.3. The van der Waals surface area contributed by atoms with Gasteiger partial charge in [-0.25, -0.2) is 8.78 Å². The Labute approximate surface area is 256 Å². The molecule has 2 N–H and O–H groups in total. The third-order valence-electron chi connectivity index (χ3n) is 10.5. The first kappa shape index (κ1) is 28.0. The number of anilines is 1. The van der Waals surface area contributed by atoms with Crippen LogP contribution in [0, 0.1) is 5.82 Å². The van der Waals surface area contributed by atoms with Gasteiger partial charge in [0.1, 0.15) is 29.9 Å². The molecule has 1 unspecified atom stereocenters. The van der Waals surface area contributed by atoms with Crippen LogP contribution in [0.3, 0.4) is 0 Å². The second-order valence-corrected chi connectivity index (χ2v) is 13.3. The van der Waals surface area contributed by atoms with Crippen molar-refractivity contribution >= 4 is 27.5 Å². The zero-order valence-corrected chi connectivity index (χ0v) is 25.2. The Morgan fingerprint density at radius 2 is 1.93 bits per heavy atom. The van der Waals surface area contributed by atoms with E-state index in [1.807, 2.05) is 24.3 Å². The van der Waals surface area contributed by atoms with Gasteiger partial charge in [-0.05, 0) is 85.2 Å². The summed E-state index contributed by atoms with van der Waals surface area (Å²) in [7, 11) is 0. The highest BCUT2D eigenvalue weighted by Crippen LogP contribution is 2.42. The van der Waals surface area contributed by atoms with E-state index in [4.69, 9.17) is 14.7 Å². The van der Waals surface area contributed by atoms with Crippen LogP contribution in [0.25, 0.3) is 32.8 Å². The minimum Gasteiger partial charge on any atom is -0.508 e. The number of ether oxygens (including phenoxy) is 1. The van der Waals surface area contributed by atoms with Crippen molar-refractivity contribution in [2.45, 2.75) is 75.7 Å². The molecule has 9 heteroatoms. The molecule has 3 aromatic carbocycles. The van der Waals surface area contributed by atoms with Crippen LogP contribution >= 0.6 is 0 Å². The summed E-state index contributed by atoms with van der Waals surface area (Å²) < 4.78 is 37.7. The van der Waals surface area contributed by atoms with E-state index in [9.17, 15) is 9.50 Å². The van der Waals surface area contributed by atoms with Crippen molar-refractivity contribution in [2.24, 2.45) is 0 Å². The van der Waals surface area contributed by atoms with E-state index in [1.54, 1.807) is 18.2 Å². The molecule has 4 atom stereocenters. The van der Waals surface area contributed by atoms with E-state index in [0.29, 0.717) is 47.4 Å². The highest BCUT2D eigenvalue weighted by atomic mass is 19.1. The summed E-state index contributed by atoms with van der Waals surface area (Å²) in [4.78, 5) is 14.1. The second kappa shape index (κ2) is 10.8. The van der Waals surface area contributed by atoms with Crippen LogP contribution < -0.4 is 15.0 Å². The molecule has 2 bridgehead atoms. The third kappa shape index (κ3) is 4.67. The van der Waals surface area contributed by atoms with Crippen molar-refractivity contribution in [2.75, 3.05) is 37.7 Å². The van der Waals surface area contributed by atoms with E-state index in [0.717, 1.165) is 68.1 Å². The third-order valence-corrected chi connectivity index (χ3v) is 10.5. The maximum Gasteiger partial charge on any atom is 0.319 e. The maximum atomic E-state index is 16.9. The minimum absolute atomic E-state index is 0.0860. The van der Waals surface area contributed by atoms with Crippen LogP contribution in [0.1, 0.15) is 51.0 Å². The number of benzene rings is 3. The van der Waals surface area contributed by atoms with Crippen molar-refractivity contribution in [3.63, 3.8) is 0 Å². The molecule has 4 saturated heterocycles. The Morgan fingerprint density at radius 3 is 2.82 bits per heavy atom. The number of alkyl halides is 1. The van der Waals surface area contributed by atoms with Crippen LogP contribution in [0.4, 0.5) is 14.6 Å². The van der Waals surface area contributed by atoms with Crippen molar-refractivity contribution in [1.29, 1.82) is 0 Å². The number of phenols is 1. The topological polar surface area (TPSA) is 73.8 Å². The van der Waals surface area contributed by atoms with Gasteiger partial charge in [-0.3, -0.25) is 4.90 Å². The fourth-order valence-corrected chi connectivity index (χ4v) is 8.42. The highest BCUT2D eigenvalue weighted by Gasteiger charge is 2.49. The van der Waals surface area contributed by atoms with E-state index in [2.05, 4.69) is 22.0 Å². The summed E-state index contributed by atoms with van der Waals surface area (Å²) in [5, 5.41) is 16.8. The van der Waals surface area contributed by atoms with Gasteiger partial charge >= 0.3 is 6.01 Å². The number of nitrogens with zero attached hydrogens (tertiary/aromatic N) is 4. The zero-order chi connectivity index (χ0) is 30.0. The Bertz CT molecular complexity index is 1750. The molecule has 5 heterocycles. The number of phenolic OH excluding ortho intramolecular Hbond substituents is 1. The van der Waals surface area contributed by atoms with Crippen LogP contribution in [0.5, 0.6) is 11.8 Å². The van der Waals surface area contributed by atoms with Gasteiger partial charge in [0, 0.05) is 49.1 Å². The predicted octanol–water partition coefficient (Wildman–Crippen LogP) is 6.14. The SMILES string of the molecule is CCc1cccc2cc(O)cc(-c3ccc4c(N5CC[C@H]6CC[C@@H](C5)N6)nc(OCC56CCCN5C[C@H](F)C6)nc4c3F)c12. The summed E-state index contributed by atoms with van der Waals surface area (Å²) in [6.45, 7) is 5.25. The average molecular weight is 600 g/mol. The van der Waals surface area contributed by atoms with Gasteiger partial charge in [0.05, 0.1) is 5.54 Å². The van der Waals surface area contributed by atoms with Crippen molar-refractivity contribution in [1.82, 2.24) is 20.2 Å². The molecule has 8 rings (SSSR count). The van der Waals surface area contributed by atoms with E-state index < -0.39 is 12.0 Å². The lowest BCUT2D eigenvalue weighted by molar-refractivity contribution is 0.107. The summed E-state index contributed by atoms with van der Waals surface area (Å²) >= 11 is 0. The number of halogens is 2. The molecule has 230 valence electrons. The molecule has 4 aliphatic rings. The lowest BCUT2D eigenvalue weighted by Gasteiger charge is -2.31. The smallest absolute Gasteiger partial charge is 0.319 e. The van der Waals surface area contributed by atoms with Gasteiger partial charge in [-0.2, -0.15) is 9.97 Å². The molecule has 4 fully saturated rings. The summed E-state index contributed by atoms with van der Waals surface area (Å²) in [6, 6.07) is 14.0. The van der Waals surface area contributed by atoms with Crippen molar-refractivity contribution in [3.05, 3.63) is 53.8 Å². The number of hydrogen-bond acceptors (Lipinski definition) is 7. The highest BCUT2D eigenvalue weighted by molar-refractivity contribution is 6.03. The lowest BCUT2D eigenvalue weighted by Crippen LogP contribution is -2.43. The molecule has 44 heavy (non-hydrogen) atoms. The first-order valence-corrected chi connectivity index (χ1v) is 16.2.